The highest BCUT2D eigenvalue weighted by molar-refractivity contribution is 5.86. The van der Waals surface area contributed by atoms with Crippen LogP contribution in [0.4, 0.5) is 5.69 Å². The van der Waals surface area contributed by atoms with Crippen molar-refractivity contribution < 1.29 is 4.79 Å². The highest BCUT2D eigenvalue weighted by Gasteiger charge is 1.98. The minimum Gasteiger partial charge on any atom is -0.385 e. The van der Waals surface area contributed by atoms with E-state index in [0.29, 0.717) is 6.54 Å². The first kappa shape index (κ1) is 27.3. The van der Waals surface area contributed by atoms with Gasteiger partial charge in [0.25, 0.3) is 0 Å². The van der Waals surface area contributed by atoms with Crippen molar-refractivity contribution in [1.82, 2.24) is 5.32 Å². The molecular formula is C28H48N2O. The van der Waals surface area contributed by atoms with Crippen LogP contribution in [0.5, 0.6) is 0 Å². The van der Waals surface area contributed by atoms with Crippen molar-refractivity contribution in [2.75, 3.05) is 11.9 Å². The number of amides is 1. The molecule has 0 radical (unpaired) electrons. The summed E-state index contributed by atoms with van der Waals surface area (Å²) in [6, 6.07) is 8.28. The summed E-state index contributed by atoms with van der Waals surface area (Å²) in [5, 5.41) is 6.29. The second-order valence-corrected chi connectivity index (χ2v) is 8.85. The highest BCUT2D eigenvalue weighted by atomic mass is 16.1. The molecule has 31 heavy (non-hydrogen) atoms. The second-order valence-electron chi connectivity index (χ2n) is 8.85. The molecule has 0 atom stereocenters. The average molecular weight is 429 g/mol. The molecule has 0 bridgehead atoms. The molecule has 0 saturated carbocycles. The lowest BCUT2D eigenvalue weighted by atomic mass is 10.0. The van der Waals surface area contributed by atoms with E-state index in [1.807, 2.05) is 0 Å². The van der Waals surface area contributed by atoms with E-state index in [4.69, 9.17) is 0 Å². The van der Waals surface area contributed by atoms with Crippen LogP contribution in [0.2, 0.25) is 0 Å². The van der Waals surface area contributed by atoms with E-state index >= 15 is 0 Å². The minimum atomic E-state index is -0.134. The summed E-state index contributed by atoms with van der Waals surface area (Å²) in [6.45, 7) is 7.33. The molecule has 1 aromatic rings. The molecule has 0 aliphatic carbocycles. The van der Waals surface area contributed by atoms with Crippen LogP contribution in [-0.2, 0) is 11.3 Å². The number of unbranched alkanes of at least 4 members (excludes halogenated alkanes) is 15. The zero-order chi connectivity index (χ0) is 22.4. The molecule has 0 unspecified atom stereocenters. The third kappa shape index (κ3) is 16.6. The SMILES string of the molecule is C=CC(=O)NCc1ccc(NCCCCCCCCCCCCCCCCCC)cc1. The van der Waals surface area contributed by atoms with Gasteiger partial charge in [0.15, 0.2) is 0 Å². The van der Waals surface area contributed by atoms with Crippen molar-refractivity contribution >= 4 is 11.6 Å². The molecule has 0 aliphatic heterocycles. The fraction of sp³-hybridized carbons (Fsp3) is 0.679. The third-order valence-electron chi connectivity index (χ3n) is 5.97. The number of carbonyl (C=O) groups is 1. The molecule has 0 heterocycles. The number of hydrogen-bond donors (Lipinski definition) is 2. The maximum absolute atomic E-state index is 11.2. The third-order valence-corrected chi connectivity index (χ3v) is 5.97. The zero-order valence-corrected chi connectivity index (χ0v) is 20.2. The van der Waals surface area contributed by atoms with Crippen LogP contribution < -0.4 is 10.6 Å². The Morgan fingerprint density at radius 3 is 1.65 bits per heavy atom. The van der Waals surface area contributed by atoms with E-state index in [9.17, 15) is 4.79 Å². The molecule has 0 fully saturated rings. The maximum Gasteiger partial charge on any atom is 0.243 e. The topological polar surface area (TPSA) is 41.1 Å². The molecule has 3 heteroatoms. The quantitative estimate of drug-likeness (QED) is 0.153. The number of anilines is 1. The van der Waals surface area contributed by atoms with E-state index in [-0.39, 0.29) is 5.91 Å². The molecule has 0 aromatic heterocycles. The van der Waals surface area contributed by atoms with Crippen molar-refractivity contribution in [2.45, 2.75) is 116 Å². The molecule has 0 saturated heterocycles. The Morgan fingerprint density at radius 2 is 1.19 bits per heavy atom. The van der Waals surface area contributed by atoms with Gasteiger partial charge in [0.05, 0.1) is 0 Å². The predicted octanol–water partition coefficient (Wildman–Crippen LogP) is 8.16. The summed E-state index contributed by atoms with van der Waals surface area (Å²) < 4.78 is 0. The predicted molar refractivity (Wildman–Crippen MR) is 137 cm³/mol. The zero-order valence-electron chi connectivity index (χ0n) is 20.2. The van der Waals surface area contributed by atoms with Crippen LogP contribution in [0.1, 0.15) is 115 Å². The first-order chi connectivity index (χ1) is 15.3. The highest BCUT2D eigenvalue weighted by Crippen LogP contribution is 2.14. The lowest BCUT2D eigenvalue weighted by molar-refractivity contribution is -0.116. The lowest BCUT2D eigenvalue weighted by Crippen LogP contribution is -2.19. The van der Waals surface area contributed by atoms with Crippen molar-refractivity contribution in [2.24, 2.45) is 0 Å². The van der Waals surface area contributed by atoms with Crippen LogP contribution in [0, 0.1) is 0 Å². The van der Waals surface area contributed by atoms with E-state index in [1.54, 1.807) is 0 Å². The molecule has 176 valence electrons. The Bertz CT molecular complexity index is 553. The summed E-state index contributed by atoms with van der Waals surface area (Å²) in [6.07, 6.45) is 23.8. The van der Waals surface area contributed by atoms with Gasteiger partial charge in [0.1, 0.15) is 0 Å². The number of hydrogen-bond acceptors (Lipinski definition) is 2. The van der Waals surface area contributed by atoms with Crippen LogP contribution in [0.3, 0.4) is 0 Å². The lowest BCUT2D eigenvalue weighted by Gasteiger charge is -2.08. The smallest absolute Gasteiger partial charge is 0.243 e. The van der Waals surface area contributed by atoms with Gasteiger partial charge in [0.2, 0.25) is 5.91 Å². The van der Waals surface area contributed by atoms with E-state index < -0.39 is 0 Å². The normalized spacial score (nSPS) is 10.7. The maximum atomic E-state index is 11.2. The van der Waals surface area contributed by atoms with Crippen LogP contribution in [0.25, 0.3) is 0 Å². The molecule has 0 aliphatic rings. The number of carbonyl (C=O) groups excluding carboxylic acids is 1. The van der Waals surface area contributed by atoms with Gasteiger partial charge >= 0.3 is 0 Å². The standard InChI is InChI=1S/C28H48N2O/c1-3-5-6-7-8-9-10-11-12-13-14-15-16-17-18-19-24-29-27-22-20-26(21-23-27)25-30-28(31)4-2/h4,20-23,29H,2-3,5-19,24-25H2,1H3,(H,30,31). The summed E-state index contributed by atoms with van der Waals surface area (Å²) in [5.41, 5.74) is 2.25. The van der Waals surface area contributed by atoms with E-state index in [2.05, 4.69) is 48.4 Å². The molecule has 1 rings (SSSR count). The van der Waals surface area contributed by atoms with Crippen molar-refractivity contribution in [3.63, 3.8) is 0 Å². The molecule has 2 N–H and O–H groups in total. The largest absolute Gasteiger partial charge is 0.385 e. The van der Waals surface area contributed by atoms with Crippen LogP contribution in [0.15, 0.2) is 36.9 Å². The molecule has 1 amide bonds. The van der Waals surface area contributed by atoms with E-state index in [0.717, 1.165) is 17.8 Å². The number of nitrogens with one attached hydrogen (secondary N) is 2. The Morgan fingerprint density at radius 1 is 0.742 bits per heavy atom. The van der Waals surface area contributed by atoms with Gasteiger partial charge in [0, 0.05) is 18.8 Å². The number of benzene rings is 1. The Labute approximate surface area is 192 Å². The summed E-state index contributed by atoms with van der Waals surface area (Å²) in [4.78, 5) is 11.2. The van der Waals surface area contributed by atoms with Gasteiger partial charge in [-0.15, -0.1) is 0 Å². The summed E-state index contributed by atoms with van der Waals surface area (Å²) in [5.74, 6) is -0.134. The van der Waals surface area contributed by atoms with E-state index in [1.165, 1.54) is 109 Å². The molecule has 1 aromatic carbocycles. The Balaban J connectivity index is 1.84. The fourth-order valence-electron chi connectivity index (χ4n) is 3.91. The van der Waals surface area contributed by atoms with Gasteiger partial charge in [-0.25, -0.2) is 0 Å². The molecule has 0 spiro atoms. The fourth-order valence-corrected chi connectivity index (χ4v) is 3.91. The van der Waals surface area contributed by atoms with Crippen molar-refractivity contribution in [3.05, 3.63) is 42.5 Å². The van der Waals surface area contributed by atoms with Crippen LogP contribution >= 0.6 is 0 Å². The second kappa shape index (κ2) is 20.2. The monoisotopic (exact) mass is 428 g/mol. The first-order valence-corrected chi connectivity index (χ1v) is 13.0. The molecule has 3 nitrogen and oxygen atoms in total. The first-order valence-electron chi connectivity index (χ1n) is 13.0. The van der Waals surface area contributed by atoms with Gasteiger partial charge < -0.3 is 10.6 Å². The molecular weight excluding hydrogens is 380 g/mol. The minimum absolute atomic E-state index is 0.134. The number of rotatable bonds is 21. The Kier molecular flexibility index (Phi) is 17.7. The van der Waals surface area contributed by atoms with Gasteiger partial charge in [-0.2, -0.15) is 0 Å². The van der Waals surface area contributed by atoms with Gasteiger partial charge in [-0.1, -0.05) is 122 Å². The summed E-state index contributed by atoms with van der Waals surface area (Å²) >= 11 is 0. The van der Waals surface area contributed by atoms with Crippen molar-refractivity contribution in [1.29, 1.82) is 0 Å². The van der Waals surface area contributed by atoms with Crippen molar-refractivity contribution in [3.8, 4) is 0 Å². The average Bonchev–Trinajstić information content (AvgIpc) is 2.80. The summed E-state index contributed by atoms with van der Waals surface area (Å²) in [7, 11) is 0. The van der Waals surface area contributed by atoms with Gasteiger partial charge in [-0.3, -0.25) is 4.79 Å². The van der Waals surface area contributed by atoms with Gasteiger partial charge in [-0.05, 0) is 30.2 Å². The van der Waals surface area contributed by atoms with Crippen LogP contribution in [-0.4, -0.2) is 12.5 Å². The Hall–Kier alpha value is -1.77.